The summed E-state index contributed by atoms with van der Waals surface area (Å²) in [5, 5.41) is 19.5. The zero-order valence-electron chi connectivity index (χ0n) is 13.6. The zero-order valence-corrected chi connectivity index (χ0v) is 14.4. The third-order valence-corrected chi connectivity index (χ3v) is 3.94. The molecule has 0 aromatic heterocycles. The van der Waals surface area contributed by atoms with Crippen LogP contribution in [-0.4, -0.2) is 23.2 Å². The topological polar surface area (TPSA) is 113 Å². The standard InChI is InChI=1S/C17H25N3O2.ClH/c1-17(2,16(20)22)10-13(11-18)9-15(21)14(19)8-12-6-4-3-5-7-12;/h3-7,13-15,21H,8-10,19H2,1-2H3,(H2,20,22);1H/t13?,14-,15+;/m0./s1. The van der Waals surface area contributed by atoms with Crippen molar-refractivity contribution >= 4 is 18.3 Å². The zero-order chi connectivity index (χ0) is 16.8. The summed E-state index contributed by atoms with van der Waals surface area (Å²) in [6, 6.07) is 11.3. The second-order valence-electron chi connectivity index (χ2n) is 6.43. The Morgan fingerprint density at radius 2 is 1.91 bits per heavy atom. The molecule has 6 heteroatoms. The van der Waals surface area contributed by atoms with Gasteiger partial charge in [0.1, 0.15) is 0 Å². The summed E-state index contributed by atoms with van der Waals surface area (Å²) in [6.07, 6.45) is 0.294. The van der Waals surface area contributed by atoms with Crippen LogP contribution in [0.1, 0.15) is 32.3 Å². The first-order chi connectivity index (χ1) is 10.3. The van der Waals surface area contributed by atoms with Crippen LogP contribution in [-0.2, 0) is 11.2 Å². The van der Waals surface area contributed by atoms with Crippen LogP contribution in [0.3, 0.4) is 0 Å². The molecule has 0 radical (unpaired) electrons. The molecule has 0 spiro atoms. The summed E-state index contributed by atoms with van der Waals surface area (Å²) in [7, 11) is 0. The number of halogens is 1. The molecule has 0 aliphatic rings. The molecule has 0 fully saturated rings. The second kappa shape index (κ2) is 9.51. The molecule has 1 aromatic carbocycles. The maximum atomic E-state index is 11.4. The van der Waals surface area contributed by atoms with Crippen molar-refractivity contribution in [1.29, 1.82) is 5.26 Å². The molecule has 0 bridgehead atoms. The van der Waals surface area contributed by atoms with Gasteiger partial charge < -0.3 is 16.6 Å². The largest absolute Gasteiger partial charge is 0.391 e. The van der Waals surface area contributed by atoms with Gasteiger partial charge in [-0.25, -0.2) is 0 Å². The number of carbonyl (C=O) groups is 1. The third-order valence-electron chi connectivity index (χ3n) is 3.94. The molecule has 128 valence electrons. The van der Waals surface area contributed by atoms with Gasteiger partial charge in [-0.05, 0) is 24.8 Å². The van der Waals surface area contributed by atoms with Crippen LogP contribution in [0.5, 0.6) is 0 Å². The quantitative estimate of drug-likeness (QED) is 0.669. The molecule has 0 saturated carbocycles. The summed E-state index contributed by atoms with van der Waals surface area (Å²) in [5.41, 5.74) is 11.6. The highest BCUT2D eigenvalue weighted by Crippen LogP contribution is 2.27. The van der Waals surface area contributed by atoms with Gasteiger partial charge in [0.15, 0.2) is 0 Å². The van der Waals surface area contributed by atoms with Crippen LogP contribution in [0, 0.1) is 22.7 Å². The van der Waals surface area contributed by atoms with Crippen LogP contribution < -0.4 is 11.5 Å². The Labute approximate surface area is 144 Å². The molecule has 23 heavy (non-hydrogen) atoms. The van der Waals surface area contributed by atoms with E-state index in [-0.39, 0.29) is 18.8 Å². The molecule has 1 rings (SSSR count). The molecule has 5 N–H and O–H groups in total. The average molecular weight is 340 g/mol. The van der Waals surface area contributed by atoms with Crippen LogP contribution in [0.4, 0.5) is 0 Å². The van der Waals surface area contributed by atoms with E-state index < -0.39 is 29.4 Å². The Morgan fingerprint density at radius 3 is 2.39 bits per heavy atom. The molecule has 1 unspecified atom stereocenters. The van der Waals surface area contributed by atoms with E-state index >= 15 is 0 Å². The summed E-state index contributed by atoms with van der Waals surface area (Å²) in [6.45, 7) is 3.41. The van der Waals surface area contributed by atoms with Gasteiger partial charge in [-0.15, -0.1) is 12.4 Å². The normalized spacial score (nSPS) is 14.9. The van der Waals surface area contributed by atoms with Gasteiger partial charge in [-0.2, -0.15) is 5.26 Å². The third kappa shape index (κ3) is 7.00. The number of hydrogen-bond acceptors (Lipinski definition) is 4. The fourth-order valence-corrected chi connectivity index (χ4v) is 2.39. The van der Waals surface area contributed by atoms with E-state index in [0.717, 1.165) is 5.56 Å². The van der Waals surface area contributed by atoms with Gasteiger partial charge in [-0.3, -0.25) is 4.79 Å². The van der Waals surface area contributed by atoms with E-state index in [9.17, 15) is 15.2 Å². The first-order valence-electron chi connectivity index (χ1n) is 7.43. The summed E-state index contributed by atoms with van der Waals surface area (Å²) in [5.74, 6) is -0.907. The van der Waals surface area contributed by atoms with Gasteiger partial charge in [0, 0.05) is 17.4 Å². The predicted molar refractivity (Wildman–Crippen MR) is 92.7 cm³/mol. The number of carbonyl (C=O) groups excluding carboxylic acids is 1. The molecule has 0 heterocycles. The number of aliphatic hydroxyl groups is 1. The maximum Gasteiger partial charge on any atom is 0.223 e. The number of rotatable bonds is 8. The molecule has 0 aliphatic carbocycles. The molecular weight excluding hydrogens is 314 g/mol. The van der Waals surface area contributed by atoms with Gasteiger partial charge in [0.2, 0.25) is 5.91 Å². The van der Waals surface area contributed by atoms with E-state index in [1.165, 1.54) is 0 Å². The summed E-state index contributed by atoms with van der Waals surface area (Å²) >= 11 is 0. The SMILES string of the molecule is CC(C)(CC(C#N)C[C@@H](O)[C@@H](N)Cc1ccccc1)C(N)=O.Cl. The van der Waals surface area contributed by atoms with E-state index in [1.54, 1.807) is 13.8 Å². The lowest BCUT2D eigenvalue weighted by atomic mass is 9.80. The highest BCUT2D eigenvalue weighted by atomic mass is 35.5. The van der Waals surface area contributed by atoms with Gasteiger partial charge in [0.05, 0.1) is 12.2 Å². The van der Waals surface area contributed by atoms with E-state index in [1.807, 2.05) is 30.3 Å². The lowest BCUT2D eigenvalue weighted by molar-refractivity contribution is -0.126. The van der Waals surface area contributed by atoms with Crippen molar-refractivity contribution in [3.05, 3.63) is 35.9 Å². The molecule has 0 saturated heterocycles. The molecule has 1 amide bonds. The Kier molecular flexibility index (Phi) is 8.85. The molecule has 1 aromatic rings. The Bertz CT molecular complexity index is 528. The van der Waals surface area contributed by atoms with Crippen molar-refractivity contribution in [2.75, 3.05) is 0 Å². The van der Waals surface area contributed by atoms with Crippen LogP contribution in [0.15, 0.2) is 30.3 Å². The van der Waals surface area contributed by atoms with Gasteiger partial charge >= 0.3 is 0 Å². The van der Waals surface area contributed by atoms with E-state index in [0.29, 0.717) is 12.8 Å². The van der Waals surface area contributed by atoms with Crippen LogP contribution in [0.2, 0.25) is 0 Å². The molecule has 0 aliphatic heterocycles. The number of nitriles is 1. The van der Waals surface area contributed by atoms with Crippen molar-refractivity contribution in [1.82, 2.24) is 0 Å². The van der Waals surface area contributed by atoms with Crippen molar-refractivity contribution in [3.8, 4) is 6.07 Å². The summed E-state index contributed by atoms with van der Waals surface area (Å²) in [4.78, 5) is 11.4. The number of nitrogens with zero attached hydrogens (tertiary/aromatic N) is 1. The van der Waals surface area contributed by atoms with Gasteiger partial charge in [0.25, 0.3) is 0 Å². The average Bonchev–Trinajstić information content (AvgIpc) is 2.47. The fraction of sp³-hybridized carbons (Fsp3) is 0.529. The lowest BCUT2D eigenvalue weighted by Gasteiger charge is -2.26. The first kappa shape index (κ1) is 21.4. The highest BCUT2D eigenvalue weighted by molar-refractivity contribution is 5.85. The number of benzene rings is 1. The Balaban J connectivity index is 0.00000484. The van der Waals surface area contributed by atoms with Gasteiger partial charge in [-0.1, -0.05) is 44.2 Å². The minimum atomic E-state index is -0.798. The van der Waals surface area contributed by atoms with Crippen LogP contribution in [0.25, 0.3) is 0 Å². The fourth-order valence-electron chi connectivity index (χ4n) is 2.39. The predicted octanol–water partition coefficient (Wildman–Crippen LogP) is 1.77. The lowest BCUT2D eigenvalue weighted by Crippen LogP contribution is -2.39. The second-order valence-corrected chi connectivity index (χ2v) is 6.43. The minimum Gasteiger partial charge on any atom is -0.391 e. The number of amides is 1. The minimum absolute atomic E-state index is 0. The molecule has 3 atom stereocenters. The number of primary amides is 1. The van der Waals surface area contributed by atoms with Crippen molar-refractivity contribution in [2.24, 2.45) is 22.8 Å². The van der Waals surface area contributed by atoms with Crippen molar-refractivity contribution < 1.29 is 9.90 Å². The number of nitrogens with two attached hydrogens (primary N) is 2. The van der Waals surface area contributed by atoms with Crippen LogP contribution >= 0.6 is 12.4 Å². The van der Waals surface area contributed by atoms with Crippen molar-refractivity contribution in [3.63, 3.8) is 0 Å². The first-order valence-corrected chi connectivity index (χ1v) is 7.43. The van der Waals surface area contributed by atoms with E-state index in [4.69, 9.17) is 11.5 Å². The molecular formula is C17H26ClN3O2. The van der Waals surface area contributed by atoms with Crippen molar-refractivity contribution in [2.45, 2.75) is 45.3 Å². The summed E-state index contributed by atoms with van der Waals surface area (Å²) < 4.78 is 0. The molecule has 5 nitrogen and oxygen atoms in total. The van der Waals surface area contributed by atoms with E-state index in [2.05, 4.69) is 6.07 Å². The maximum absolute atomic E-state index is 11.4. The smallest absolute Gasteiger partial charge is 0.223 e. The monoisotopic (exact) mass is 339 g/mol. The number of hydrogen-bond donors (Lipinski definition) is 3. The Morgan fingerprint density at radius 1 is 1.35 bits per heavy atom. The highest BCUT2D eigenvalue weighted by Gasteiger charge is 2.31. The Hall–Kier alpha value is -1.61. The number of aliphatic hydroxyl groups excluding tert-OH is 1.